The van der Waals surface area contributed by atoms with E-state index in [1.165, 1.54) is 35.9 Å². The predicted octanol–water partition coefficient (Wildman–Crippen LogP) is 3.82. The zero-order valence-corrected chi connectivity index (χ0v) is 15.8. The molecule has 2 aromatic rings. The van der Waals surface area contributed by atoms with Crippen molar-refractivity contribution in [3.05, 3.63) is 46.5 Å². The topological polar surface area (TPSA) is 73.2 Å². The maximum absolute atomic E-state index is 13.2. The van der Waals surface area contributed by atoms with Crippen LogP contribution in [0.15, 0.2) is 24.3 Å². The first-order chi connectivity index (χ1) is 12.2. The maximum atomic E-state index is 13.2. The number of esters is 1. The molecule has 0 aliphatic rings. The van der Waals surface area contributed by atoms with Crippen molar-refractivity contribution < 1.29 is 18.7 Å². The molecular formula is C18H21ClFN3O3. The SMILES string of the molecule is Cc1nn(CC(C)C)c(Cl)c1C(=O)O[C@@H](C)C(=O)Nc1cccc(F)c1. The number of nitrogens with zero attached hydrogens (tertiary/aromatic N) is 2. The Bertz CT molecular complexity index is 820. The Morgan fingerprint density at radius 3 is 2.65 bits per heavy atom. The van der Waals surface area contributed by atoms with Gasteiger partial charge in [-0.1, -0.05) is 31.5 Å². The summed E-state index contributed by atoms with van der Waals surface area (Å²) >= 11 is 6.24. The van der Waals surface area contributed by atoms with Gasteiger partial charge in [0.2, 0.25) is 0 Å². The van der Waals surface area contributed by atoms with Crippen LogP contribution in [0.5, 0.6) is 0 Å². The van der Waals surface area contributed by atoms with Crippen LogP contribution in [0, 0.1) is 18.7 Å². The minimum absolute atomic E-state index is 0.137. The summed E-state index contributed by atoms with van der Waals surface area (Å²) in [4.78, 5) is 24.6. The average molecular weight is 382 g/mol. The molecule has 0 fully saturated rings. The third kappa shape index (κ3) is 4.82. The van der Waals surface area contributed by atoms with Gasteiger partial charge < -0.3 is 10.1 Å². The van der Waals surface area contributed by atoms with Crippen molar-refractivity contribution in [3.8, 4) is 0 Å². The van der Waals surface area contributed by atoms with Crippen LogP contribution in [0.1, 0.15) is 36.8 Å². The maximum Gasteiger partial charge on any atom is 0.343 e. The smallest absolute Gasteiger partial charge is 0.343 e. The number of benzene rings is 1. The van der Waals surface area contributed by atoms with Crippen molar-refractivity contribution in [3.63, 3.8) is 0 Å². The zero-order chi connectivity index (χ0) is 19.4. The number of carbonyl (C=O) groups excluding carboxylic acids is 2. The lowest BCUT2D eigenvalue weighted by Crippen LogP contribution is -2.30. The molecule has 1 aromatic heterocycles. The summed E-state index contributed by atoms with van der Waals surface area (Å²) in [6, 6.07) is 5.43. The van der Waals surface area contributed by atoms with Gasteiger partial charge in [0.15, 0.2) is 6.10 Å². The molecule has 6 nitrogen and oxygen atoms in total. The molecule has 1 amide bonds. The monoisotopic (exact) mass is 381 g/mol. The lowest BCUT2D eigenvalue weighted by molar-refractivity contribution is -0.123. The van der Waals surface area contributed by atoms with Crippen LogP contribution in [-0.2, 0) is 16.1 Å². The molecule has 1 aromatic carbocycles. The number of rotatable bonds is 6. The van der Waals surface area contributed by atoms with E-state index in [1.807, 2.05) is 13.8 Å². The van der Waals surface area contributed by atoms with Crippen molar-refractivity contribution in [2.75, 3.05) is 5.32 Å². The van der Waals surface area contributed by atoms with Crippen LogP contribution in [0.2, 0.25) is 5.15 Å². The van der Waals surface area contributed by atoms with Crippen LogP contribution in [0.25, 0.3) is 0 Å². The quantitative estimate of drug-likeness (QED) is 0.772. The summed E-state index contributed by atoms with van der Waals surface area (Å²) in [6.07, 6.45) is -1.09. The molecule has 0 saturated carbocycles. The average Bonchev–Trinajstić information content (AvgIpc) is 2.80. The molecule has 0 aliphatic heterocycles. The molecule has 0 unspecified atom stereocenters. The number of anilines is 1. The number of hydrogen-bond donors (Lipinski definition) is 1. The fourth-order valence-electron chi connectivity index (χ4n) is 2.34. The number of aryl methyl sites for hydroxylation is 1. The fourth-order valence-corrected chi connectivity index (χ4v) is 2.66. The molecule has 1 atom stereocenters. The van der Waals surface area contributed by atoms with Gasteiger partial charge in [0.25, 0.3) is 5.91 Å². The molecule has 0 spiro atoms. The molecule has 26 heavy (non-hydrogen) atoms. The summed E-state index contributed by atoms with van der Waals surface area (Å²) in [5.41, 5.74) is 0.841. The summed E-state index contributed by atoms with van der Waals surface area (Å²) in [5, 5.41) is 6.91. The van der Waals surface area contributed by atoms with Crippen LogP contribution in [-0.4, -0.2) is 27.8 Å². The van der Waals surface area contributed by atoms with E-state index in [0.29, 0.717) is 18.2 Å². The third-order valence-corrected chi connectivity index (χ3v) is 3.94. The second-order valence-corrected chi connectivity index (χ2v) is 6.73. The van der Waals surface area contributed by atoms with Gasteiger partial charge in [-0.25, -0.2) is 9.18 Å². The Labute approximate surface area is 156 Å². The molecule has 0 saturated heterocycles. The highest BCUT2D eigenvalue weighted by molar-refractivity contribution is 6.32. The van der Waals surface area contributed by atoms with Crippen LogP contribution in [0.3, 0.4) is 0 Å². The molecule has 0 aliphatic carbocycles. The van der Waals surface area contributed by atoms with Gasteiger partial charge in [0, 0.05) is 12.2 Å². The third-order valence-electron chi connectivity index (χ3n) is 3.55. The highest BCUT2D eigenvalue weighted by Crippen LogP contribution is 2.22. The lowest BCUT2D eigenvalue weighted by atomic mass is 10.2. The van der Waals surface area contributed by atoms with E-state index in [-0.39, 0.29) is 16.4 Å². The molecular weight excluding hydrogens is 361 g/mol. The predicted molar refractivity (Wildman–Crippen MR) is 96.7 cm³/mol. The Hall–Kier alpha value is -2.41. The van der Waals surface area contributed by atoms with Crippen molar-refractivity contribution in [1.82, 2.24) is 9.78 Å². The van der Waals surface area contributed by atoms with Gasteiger partial charge in [0.05, 0.1) is 5.69 Å². The molecule has 140 valence electrons. The number of halogens is 2. The van der Waals surface area contributed by atoms with Crippen LogP contribution in [0.4, 0.5) is 10.1 Å². The number of amides is 1. The van der Waals surface area contributed by atoms with Crippen molar-refractivity contribution in [2.24, 2.45) is 5.92 Å². The highest BCUT2D eigenvalue weighted by Gasteiger charge is 2.26. The zero-order valence-electron chi connectivity index (χ0n) is 15.0. The number of hydrogen-bond acceptors (Lipinski definition) is 4. The van der Waals surface area contributed by atoms with Gasteiger partial charge in [-0.3, -0.25) is 9.48 Å². The van der Waals surface area contributed by atoms with E-state index in [9.17, 15) is 14.0 Å². The largest absolute Gasteiger partial charge is 0.449 e. The van der Waals surface area contributed by atoms with Gasteiger partial charge >= 0.3 is 5.97 Å². The first-order valence-electron chi connectivity index (χ1n) is 8.19. The fraction of sp³-hybridized carbons (Fsp3) is 0.389. The number of nitrogens with one attached hydrogen (secondary N) is 1. The molecule has 1 heterocycles. The van der Waals surface area contributed by atoms with E-state index in [2.05, 4.69) is 10.4 Å². The van der Waals surface area contributed by atoms with E-state index in [0.717, 1.165) is 0 Å². The van der Waals surface area contributed by atoms with Crippen molar-refractivity contribution in [1.29, 1.82) is 0 Å². The molecule has 0 bridgehead atoms. The van der Waals surface area contributed by atoms with Gasteiger partial charge in [-0.15, -0.1) is 0 Å². The number of aromatic nitrogens is 2. The van der Waals surface area contributed by atoms with Crippen molar-refractivity contribution in [2.45, 2.75) is 40.3 Å². The van der Waals surface area contributed by atoms with Crippen LogP contribution >= 0.6 is 11.6 Å². The Kier molecular flexibility index (Phi) is 6.37. The standard InChI is InChI=1S/C18H21ClFN3O3/c1-10(2)9-23-16(19)15(11(3)22-23)18(25)26-12(4)17(24)21-14-7-5-6-13(20)8-14/h5-8,10,12H,9H2,1-4H3,(H,21,24)/t12-/m0/s1. The summed E-state index contributed by atoms with van der Waals surface area (Å²) in [7, 11) is 0. The normalized spacial score (nSPS) is 12.1. The van der Waals surface area contributed by atoms with Crippen LogP contribution < -0.4 is 5.32 Å². The Balaban J connectivity index is 2.07. The first-order valence-corrected chi connectivity index (χ1v) is 8.57. The number of ether oxygens (including phenoxy) is 1. The van der Waals surface area contributed by atoms with Crippen molar-refractivity contribution >= 4 is 29.2 Å². The summed E-state index contributed by atoms with van der Waals surface area (Å²) < 4.78 is 19.9. The number of carbonyl (C=O) groups is 2. The Morgan fingerprint density at radius 1 is 1.35 bits per heavy atom. The second kappa shape index (κ2) is 8.31. The molecule has 2 rings (SSSR count). The van der Waals surface area contributed by atoms with Gasteiger partial charge in [-0.2, -0.15) is 5.10 Å². The highest BCUT2D eigenvalue weighted by atomic mass is 35.5. The van der Waals surface area contributed by atoms with E-state index in [4.69, 9.17) is 16.3 Å². The minimum Gasteiger partial charge on any atom is -0.449 e. The summed E-state index contributed by atoms with van der Waals surface area (Å²) in [6.45, 7) is 7.64. The molecule has 8 heteroatoms. The Morgan fingerprint density at radius 2 is 2.04 bits per heavy atom. The minimum atomic E-state index is -1.09. The molecule has 1 N–H and O–H groups in total. The van der Waals surface area contributed by atoms with E-state index >= 15 is 0 Å². The lowest BCUT2D eigenvalue weighted by Gasteiger charge is -2.13. The van der Waals surface area contributed by atoms with E-state index in [1.54, 1.807) is 6.92 Å². The second-order valence-electron chi connectivity index (χ2n) is 6.37. The van der Waals surface area contributed by atoms with Gasteiger partial charge in [0.1, 0.15) is 16.5 Å². The van der Waals surface area contributed by atoms with Gasteiger partial charge in [-0.05, 0) is 38.0 Å². The summed E-state index contributed by atoms with van der Waals surface area (Å²) in [5.74, 6) is -1.49. The molecule has 0 radical (unpaired) electrons. The van der Waals surface area contributed by atoms with E-state index < -0.39 is 23.8 Å². The first kappa shape index (κ1) is 19.9.